The van der Waals surface area contributed by atoms with Gasteiger partial charge in [-0.15, -0.1) is 11.6 Å². The maximum absolute atomic E-state index is 13.2. The second-order valence-corrected chi connectivity index (χ2v) is 14.1. The first-order chi connectivity index (χ1) is 20.7. The average molecular weight is 623 g/mol. The van der Waals surface area contributed by atoms with E-state index in [9.17, 15) is 19.6 Å². The highest BCUT2D eigenvalue weighted by Gasteiger charge is 2.50. The smallest absolute Gasteiger partial charge is 0.427 e. The van der Waals surface area contributed by atoms with Crippen molar-refractivity contribution in [2.24, 2.45) is 22.7 Å². The summed E-state index contributed by atoms with van der Waals surface area (Å²) >= 11 is 6.49. The largest absolute Gasteiger partial charge is 0.454 e. The van der Waals surface area contributed by atoms with Crippen molar-refractivity contribution in [1.29, 1.82) is 0 Å². The van der Waals surface area contributed by atoms with Crippen molar-refractivity contribution < 1.29 is 24.4 Å². The number of fused-ring (bicyclic) bond motifs is 3. The molecule has 3 aliphatic carbocycles. The number of methoxy groups -OCH3 is 1. The minimum atomic E-state index is -1.30. The van der Waals surface area contributed by atoms with E-state index in [1.807, 2.05) is 7.11 Å². The summed E-state index contributed by atoms with van der Waals surface area (Å²) in [6.07, 6.45) is 11.1. The number of amides is 2. The Balaban J connectivity index is 1.17. The highest BCUT2D eigenvalue weighted by molar-refractivity contribution is 6.43. The van der Waals surface area contributed by atoms with Crippen LogP contribution < -0.4 is 21.5 Å². The van der Waals surface area contributed by atoms with Crippen molar-refractivity contribution >= 4 is 36.2 Å². The topological polar surface area (TPSA) is 148 Å². The molecule has 0 radical (unpaired) electrons. The molecule has 5 rings (SSSR count). The number of hydrogen-bond acceptors (Lipinski definition) is 9. The van der Waals surface area contributed by atoms with E-state index in [1.54, 1.807) is 0 Å². The Morgan fingerprint density at radius 1 is 1.02 bits per heavy atom. The molecule has 4 fully saturated rings. The van der Waals surface area contributed by atoms with Crippen molar-refractivity contribution in [1.82, 2.24) is 26.4 Å². The van der Waals surface area contributed by atoms with Gasteiger partial charge in [0.25, 0.3) is 0 Å². The molecule has 5 aliphatic rings. The SMILES string of the molecule is COC1CCC2C(C1)C(C1CCC(Cl)CC1)=N[C@@H](CC(=O)NCCCNC(=O)C1CCC(B(O)O)CC1)C1NNC(C)N21. The lowest BCUT2D eigenvalue weighted by atomic mass is 9.63. The van der Waals surface area contributed by atoms with Gasteiger partial charge in [-0.1, -0.05) is 12.8 Å². The van der Waals surface area contributed by atoms with Gasteiger partial charge in [-0.2, -0.15) is 0 Å². The van der Waals surface area contributed by atoms with E-state index in [-0.39, 0.29) is 53.4 Å². The van der Waals surface area contributed by atoms with Crippen LogP contribution in [0, 0.1) is 17.8 Å². The van der Waals surface area contributed by atoms with E-state index in [1.165, 1.54) is 5.71 Å². The molecule has 6 atom stereocenters. The van der Waals surface area contributed by atoms with Crippen LogP contribution in [0.3, 0.4) is 0 Å². The van der Waals surface area contributed by atoms with E-state index in [2.05, 4.69) is 33.3 Å². The van der Waals surface area contributed by atoms with Crippen LogP contribution in [0.5, 0.6) is 0 Å². The number of hydrogen-bond donors (Lipinski definition) is 6. The van der Waals surface area contributed by atoms with Crippen LogP contribution in [0.2, 0.25) is 5.82 Å². The summed E-state index contributed by atoms with van der Waals surface area (Å²) in [5.74, 6) is 0.498. The van der Waals surface area contributed by atoms with Gasteiger partial charge in [0.05, 0.1) is 30.9 Å². The number of aliphatic imine (C=N–C) groups is 1. The van der Waals surface area contributed by atoms with Crippen LogP contribution in [0.4, 0.5) is 0 Å². The van der Waals surface area contributed by atoms with Crippen LogP contribution >= 0.6 is 11.6 Å². The molecule has 0 aromatic carbocycles. The number of alkyl halides is 1. The Kier molecular flexibility index (Phi) is 11.8. The zero-order chi connectivity index (χ0) is 30.5. The van der Waals surface area contributed by atoms with Gasteiger partial charge in [0.2, 0.25) is 11.8 Å². The Labute approximate surface area is 261 Å². The summed E-state index contributed by atoms with van der Waals surface area (Å²) in [6, 6.07) is 0.141. The van der Waals surface area contributed by atoms with Crippen molar-refractivity contribution in [2.45, 2.75) is 132 Å². The van der Waals surface area contributed by atoms with Gasteiger partial charge >= 0.3 is 7.12 Å². The number of carbonyl (C=O) groups is 2. The first kappa shape index (κ1) is 33.1. The number of rotatable bonds is 10. The fourth-order valence-electron chi connectivity index (χ4n) is 8.27. The van der Waals surface area contributed by atoms with Gasteiger partial charge in [0, 0.05) is 49.2 Å². The zero-order valence-corrected chi connectivity index (χ0v) is 26.6. The fraction of sp³-hybridized carbons (Fsp3) is 0.900. The van der Waals surface area contributed by atoms with Gasteiger partial charge < -0.3 is 25.4 Å². The Morgan fingerprint density at radius 2 is 1.74 bits per heavy atom. The Morgan fingerprint density at radius 3 is 2.44 bits per heavy atom. The minimum absolute atomic E-state index is 0.0203. The highest BCUT2D eigenvalue weighted by atomic mass is 35.5. The molecule has 5 unspecified atom stereocenters. The predicted molar refractivity (Wildman–Crippen MR) is 167 cm³/mol. The first-order valence-corrected chi connectivity index (χ1v) is 17.1. The summed E-state index contributed by atoms with van der Waals surface area (Å²) in [6.45, 7) is 3.17. The molecule has 6 N–H and O–H groups in total. The number of ether oxygens (including phenoxy) is 1. The van der Waals surface area contributed by atoms with E-state index in [4.69, 9.17) is 21.3 Å². The standard InChI is InChI=1S/C30H52BClN6O5/c1-18-36-37-29-25(17-27(39)33-14-3-15-34-30(40)20-4-8-21(9-5-20)31(41)42)35-28(19-6-10-22(32)11-7-19)24-16-23(43-2)12-13-26(24)38(18)29/h18-26,29,36-37,41-42H,3-17H2,1-2H3,(H,33,39)(H,34,40)/t18?,19?,20?,21?,22?,23?,24?,25-,26?,29?/m0/s1. The summed E-state index contributed by atoms with van der Waals surface area (Å²) in [7, 11) is 0.517. The number of nitrogens with zero attached hydrogens (tertiary/aromatic N) is 2. The molecule has 1 saturated heterocycles. The third-order valence-corrected chi connectivity index (χ3v) is 11.2. The molecule has 2 aliphatic heterocycles. The predicted octanol–water partition coefficient (Wildman–Crippen LogP) is 1.92. The molecule has 0 bridgehead atoms. The zero-order valence-electron chi connectivity index (χ0n) is 25.8. The molecule has 3 saturated carbocycles. The lowest BCUT2D eigenvalue weighted by Gasteiger charge is -2.44. The third-order valence-electron chi connectivity index (χ3n) is 10.8. The number of carbonyl (C=O) groups excluding carboxylic acids is 2. The van der Waals surface area contributed by atoms with Crippen LogP contribution in [-0.4, -0.2) is 95.7 Å². The molecule has 13 heteroatoms. The summed E-state index contributed by atoms with van der Waals surface area (Å²) < 4.78 is 5.85. The van der Waals surface area contributed by atoms with E-state index < -0.39 is 7.12 Å². The highest BCUT2D eigenvalue weighted by Crippen LogP contribution is 2.42. The molecule has 2 amide bonds. The molecule has 43 heavy (non-hydrogen) atoms. The Hall–Kier alpha value is -1.28. The van der Waals surface area contributed by atoms with Gasteiger partial charge in [-0.25, -0.2) is 10.9 Å². The quantitative estimate of drug-likeness (QED) is 0.123. The number of nitrogens with one attached hydrogen (secondary N) is 4. The van der Waals surface area contributed by atoms with E-state index in [0.717, 1.165) is 44.9 Å². The molecule has 0 aromatic rings. The van der Waals surface area contributed by atoms with Crippen LogP contribution in [0.25, 0.3) is 0 Å². The van der Waals surface area contributed by atoms with E-state index in [0.29, 0.717) is 69.5 Å². The molecule has 0 spiro atoms. The summed E-state index contributed by atoms with van der Waals surface area (Å²) in [5.41, 5.74) is 8.18. The number of halogens is 1. The first-order valence-electron chi connectivity index (χ1n) is 16.7. The molecule has 242 valence electrons. The lowest BCUT2D eigenvalue weighted by molar-refractivity contribution is -0.125. The molecular formula is C30H52BClN6O5. The molecular weight excluding hydrogens is 571 g/mol. The molecule has 0 aromatic heterocycles. The van der Waals surface area contributed by atoms with Gasteiger partial charge in [0.1, 0.15) is 0 Å². The van der Waals surface area contributed by atoms with Crippen molar-refractivity contribution in [2.75, 3.05) is 20.2 Å². The second-order valence-electron chi connectivity index (χ2n) is 13.5. The molecule has 2 heterocycles. The lowest BCUT2D eigenvalue weighted by Crippen LogP contribution is -2.55. The third kappa shape index (κ3) is 8.12. The van der Waals surface area contributed by atoms with Gasteiger partial charge in [-0.05, 0) is 82.9 Å². The van der Waals surface area contributed by atoms with Crippen molar-refractivity contribution in [3.8, 4) is 0 Å². The normalized spacial score (nSPS) is 38.3. The second kappa shape index (κ2) is 15.3. The minimum Gasteiger partial charge on any atom is -0.427 e. The monoisotopic (exact) mass is 622 g/mol. The van der Waals surface area contributed by atoms with Crippen LogP contribution in [-0.2, 0) is 14.3 Å². The van der Waals surface area contributed by atoms with Crippen LogP contribution in [0.15, 0.2) is 4.99 Å². The Bertz CT molecular complexity index is 977. The summed E-state index contributed by atoms with van der Waals surface area (Å²) in [5, 5.41) is 25.0. The maximum atomic E-state index is 13.2. The van der Waals surface area contributed by atoms with Crippen molar-refractivity contribution in [3.05, 3.63) is 0 Å². The van der Waals surface area contributed by atoms with Gasteiger partial charge in [-0.3, -0.25) is 19.5 Å². The average Bonchev–Trinajstić information content (AvgIpc) is 3.33. The molecule has 11 nitrogen and oxygen atoms in total. The van der Waals surface area contributed by atoms with E-state index >= 15 is 0 Å². The van der Waals surface area contributed by atoms with Gasteiger partial charge in [0.15, 0.2) is 0 Å². The van der Waals surface area contributed by atoms with Crippen LogP contribution in [0.1, 0.15) is 90.4 Å². The fourth-order valence-corrected chi connectivity index (χ4v) is 8.53. The number of hydrazine groups is 1. The summed E-state index contributed by atoms with van der Waals surface area (Å²) in [4.78, 5) is 33.8. The maximum Gasteiger partial charge on any atom is 0.454 e. The van der Waals surface area contributed by atoms with Crippen molar-refractivity contribution in [3.63, 3.8) is 0 Å².